The summed E-state index contributed by atoms with van der Waals surface area (Å²) in [6.07, 6.45) is -0.228. The zero-order chi connectivity index (χ0) is 15.4. The molecule has 0 spiro atoms. The summed E-state index contributed by atoms with van der Waals surface area (Å²) in [6.45, 7) is 0.681. The molecule has 0 aromatic heterocycles. The second-order valence-electron chi connectivity index (χ2n) is 4.80. The van der Waals surface area contributed by atoms with Gasteiger partial charge >= 0.3 is 5.97 Å². The third-order valence-electron chi connectivity index (χ3n) is 3.29. The molecule has 112 valence electrons. The molecule has 1 saturated heterocycles. The highest BCUT2D eigenvalue weighted by atomic mass is 79.9. The Kier molecular flexibility index (Phi) is 4.95. The lowest BCUT2D eigenvalue weighted by Crippen LogP contribution is -2.58. The van der Waals surface area contributed by atoms with E-state index in [0.717, 1.165) is 10.0 Å². The summed E-state index contributed by atoms with van der Waals surface area (Å²) >= 11 is 3.32. The number of amides is 2. The Bertz CT molecular complexity index is 559. The molecule has 1 aromatic carbocycles. The number of carboxylic acid groups (broad SMARTS) is 1. The molecular weight excluding hydrogens is 340 g/mol. The summed E-state index contributed by atoms with van der Waals surface area (Å²) in [5.41, 5.74) is 0.822. The number of carbonyl (C=O) groups is 3. The van der Waals surface area contributed by atoms with Crippen molar-refractivity contribution in [1.29, 1.82) is 0 Å². The van der Waals surface area contributed by atoms with E-state index in [1.807, 2.05) is 24.3 Å². The van der Waals surface area contributed by atoms with Gasteiger partial charge in [0.25, 0.3) is 0 Å². The first kappa shape index (κ1) is 15.5. The van der Waals surface area contributed by atoms with Gasteiger partial charge in [-0.3, -0.25) is 14.4 Å². The molecule has 2 rings (SSSR count). The number of piperazine rings is 1. The average Bonchev–Trinajstić information content (AvgIpc) is 2.43. The van der Waals surface area contributed by atoms with E-state index in [1.54, 1.807) is 0 Å². The summed E-state index contributed by atoms with van der Waals surface area (Å²) in [5.74, 6) is -1.75. The molecule has 6 nitrogen and oxygen atoms in total. The molecule has 0 aliphatic carbocycles. The van der Waals surface area contributed by atoms with Gasteiger partial charge in [-0.25, -0.2) is 0 Å². The summed E-state index contributed by atoms with van der Waals surface area (Å²) < 4.78 is 0.916. The Morgan fingerprint density at radius 2 is 2.00 bits per heavy atom. The molecule has 0 bridgehead atoms. The van der Waals surface area contributed by atoms with Crippen LogP contribution < -0.4 is 5.32 Å². The van der Waals surface area contributed by atoms with Crippen molar-refractivity contribution < 1.29 is 19.5 Å². The third kappa shape index (κ3) is 4.04. The maximum absolute atomic E-state index is 12.3. The van der Waals surface area contributed by atoms with Gasteiger partial charge < -0.3 is 15.3 Å². The number of nitrogens with one attached hydrogen (secondary N) is 1. The van der Waals surface area contributed by atoms with Gasteiger partial charge in [0.05, 0.1) is 12.8 Å². The Morgan fingerprint density at radius 1 is 1.33 bits per heavy atom. The average molecular weight is 355 g/mol. The zero-order valence-corrected chi connectivity index (χ0v) is 12.8. The van der Waals surface area contributed by atoms with Crippen molar-refractivity contribution in [1.82, 2.24) is 10.2 Å². The number of benzene rings is 1. The van der Waals surface area contributed by atoms with E-state index in [4.69, 9.17) is 5.11 Å². The van der Waals surface area contributed by atoms with Gasteiger partial charge in [-0.15, -0.1) is 0 Å². The van der Waals surface area contributed by atoms with Gasteiger partial charge in [0.1, 0.15) is 6.04 Å². The van der Waals surface area contributed by atoms with E-state index in [2.05, 4.69) is 21.2 Å². The van der Waals surface area contributed by atoms with Gasteiger partial charge in [0.2, 0.25) is 11.8 Å². The molecule has 7 heteroatoms. The Labute approximate surface area is 130 Å². The molecular formula is C14H15BrN2O4. The van der Waals surface area contributed by atoms with Gasteiger partial charge in [-0.05, 0) is 17.7 Å². The minimum atomic E-state index is -1.10. The molecule has 2 amide bonds. The highest BCUT2D eigenvalue weighted by molar-refractivity contribution is 9.10. The molecule has 2 N–H and O–H groups in total. The lowest BCUT2D eigenvalue weighted by molar-refractivity contribution is -0.148. The van der Waals surface area contributed by atoms with Gasteiger partial charge in [-0.1, -0.05) is 28.1 Å². The second kappa shape index (κ2) is 6.71. The smallest absolute Gasteiger partial charge is 0.305 e. The lowest BCUT2D eigenvalue weighted by Gasteiger charge is -2.34. The largest absolute Gasteiger partial charge is 0.481 e. The molecule has 0 radical (unpaired) electrons. The fraction of sp³-hybridized carbons (Fsp3) is 0.357. The predicted octanol–water partition coefficient (Wildman–Crippen LogP) is 0.793. The van der Waals surface area contributed by atoms with Gasteiger partial charge in [0.15, 0.2) is 0 Å². The van der Waals surface area contributed by atoms with Crippen LogP contribution in [0.3, 0.4) is 0 Å². The minimum absolute atomic E-state index is 0.149. The van der Waals surface area contributed by atoms with Crippen LogP contribution in [0.1, 0.15) is 12.0 Å². The summed E-state index contributed by atoms with van der Waals surface area (Å²) in [4.78, 5) is 36.3. The van der Waals surface area contributed by atoms with Crippen LogP contribution in [0.4, 0.5) is 0 Å². The monoisotopic (exact) mass is 354 g/mol. The number of hydrogen-bond donors (Lipinski definition) is 2. The molecule has 1 atom stereocenters. The number of carbonyl (C=O) groups excluding carboxylic acids is 2. The zero-order valence-electron chi connectivity index (χ0n) is 11.2. The van der Waals surface area contributed by atoms with Crippen LogP contribution in [0.25, 0.3) is 0 Å². The Hall–Kier alpha value is -1.89. The summed E-state index contributed by atoms with van der Waals surface area (Å²) in [6, 6.07) is 6.37. The first-order valence-corrected chi connectivity index (χ1v) is 7.30. The lowest BCUT2D eigenvalue weighted by atomic mass is 10.1. The fourth-order valence-corrected chi connectivity index (χ4v) is 2.52. The molecule has 1 heterocycles. The van der Waals surface area contributed by atoms with Crippen LogP contribution in [-0.4, -0.2) is 46.9 Å². The third-order valence-corrected chi connectivity index (χ3v) is 3.82. The Morgan fingerprint density at radius 3 is 2.62 bits per heavy atom. The van der Waals surface area contributed by atoms with Crippen LogP contribution in [-0.2, 0) is 20.8 Å². The molecule has 21 heavy (non-hydrogen) atoms. The number of halogens is 1. The van der Waals surface area contributed by atoms with E-state index in [0.29, 0.717) is 13.1 Å². The number of aliphatic carboxylic acids is 1. The van der Waals surface area contributed by atoms with E-state index in [-0.39, 0.29) is 18.7 Å². The minimum Gasteiger partial charge on any atom is -0.481 e. The predicted molar refractivity (Wildman–Crippen MR) is 78.6 cm³/mol. The second-order valence-corrected chi connectivity index (χ2v) is 5.71. The fourth-order valence-electron chi connectivity index (χ4n) is 2.26. The number of rotatable bonds is 4. The van der Waals surface area contributed by atoms with Crippen molar-refractivity contribution in [3.8, 4) is 0 Å². The van der Waals surface area contributed by atoms with E-state index in [9.17, 15) is 14.4 Å². The highest BCUT2D eigenvalue weighted by Crippen LogP contribution is 2.14. The van der Waals surface area contributed by atoms with Gasteiger partial charge in [-0.2, -0.15) is 0 Å². The number of nitrogens with zero attached hydrogens (tertiary/aromatic N) is 1. The van der Waals surface area contributed by atoms with E-state index < -0.39 is 17.9 Å². The maximum Gasteiger partial charge on any atom is 0.305 e. The van der Waals surface area contributed by atoms with E-state index >= 15 is 0 Å². The quantitative estimate of drug-likeness (QED) is 0.836. The summed E-state index contributed by atoms with van der Waals surface area (Å²) in [7, 11) is 0. The first-order valence-electron chi connectivity index (χ1n) is 6.51. The van der Waals surface area contributed by atoms with Crippen molar-refractivity contribution in [2.45, 2.75) is 18.9 Å². The van der Waals surface area contributed by atoms with Crippen LogP contribution in [0.5, 0.6) is 0 Å². The topological polar surface area (TPSA) is 86.7 Å². The van der Waals surface area contributed by atoms with Crippen molar-refractivity contribution in [3.63, 3.8) is 0 Å². The summed E-state index contributed by atoms with van der Waals surface area (Å²) in [5, 5.41) is 11.5. The van der Waals surface area contributed by atoms with Crippen molar-refractivity contribution in [2.75, 3.05) is 13.1 Å². The molecule has 1 aromatic rings. The van der Waals surface area contributed by atoms with Crippen LogP contribution >= 0.6 is 15.9 Å². The van der Waals surface area contributed by atoms with Crippen LogP contribution in [0.15, 0.2) is 28.7 Å². The molecule has 0 saturated carbocycles. The normalized spacial score (nSPS) is 18.2. The molecule has 1 unspecified atom stereocenters. The SMILES string of the molecule is O=C(O)CC1C(=O)NCCN1C(=O)Cc1ccc(Br)cc1. The number of hydrogen-bond acceptors (Lipinski definition) is 3. The van der Waals surface area contributed by atoms with Crippen molar-refractivity contribution >= 4 is 33.7 Å². The maximum atomic E-state index is 12.3. The molecule has 1 fully saturated rings. The number of carboxylic acids is 1. The molecule has 1 aliphatic rings. The molecule has 1 aliphatic heterocycles. The first-order chi connectivity index (χ1) is 9.97. The van der Waals surface area contributed by atoms with Crippen LogP contribution in [0.2, 0.25) is 0 Å². The van der Waals surface area contributed by atoms with E-state index in [1.165, 1.54) is 4.90 Å². The van der Waals surface area contributed by atoms with Crippen LogP contribution in [0, 0.1) is 0 Å². The van der Waals surface area contributed by atoms with Crippen molar-refractivity contribution in [3.05, 3.63) is 34.3 Å². The van der Waals surface area contributed by atoms with Gasteiger partial charge in [0, 0.05) is 17.6 Å². The Balaban J connectivity index is 2.09. The highest BCUT2D eigenvalue weighted by Gasteiger charge is 2.34. The van der Waals surface area contributed by atoms with Crippen molar-refractivity contribution in [2.24, 2.45) is 0 Å². The standard InChI is InChI=1S/C14H15BrN2O4/c15-10-3-1-9(2-4-10)7-12(18)17-6-5-16-14(21)11(17)8-13(19)20/h1-4,11H,5-8H2,(H,16,21)(H,19,20).